The van der Waals surface area contributed by atoms with Crippen LogP contribution in [0.4, 0.5) is 19.1 Å². The highest BCUT2D eigenvalue weighted by molar-refractivity contribution is 7.92. The fourth-order valence-electron chi connectivity index (χ4n) is 8.05. The number of ether oxygens (including phenoxy) is 2. The van der Waals surface area contributed by atoms with E-state index in [1.54, 1.807) is 19.3 Å². The van der Waals surface area contributed by atoms with E-state index in [-0.39, 0.29) is 65.7 Å². The van der Waals surface area contributed by atoms with Crippen molar-refractivity contribution >= 4 is 33.1 Å². The molecule has 0 spiro atoms. The van der Waals surface area contributed by atoms with Crippen molar-refractivity contribution in [3.8, 4) is 17.1 Å². The predicted octanol–water partition coefficient (Wildman–Crippen LogP) is 7.58. The summed E-state index contributed by atoms with van der Waals surface area (Å²) in [6, 6.07) is 13.0. The lowest BCUT2D eigenvalue weighted by Gasteiger charge is -2.43. The molecule has 0 bridgehead atoms. The molecule has 3 N–H and O–H groups in total. The van der Waals surface area contributed by atoms with Gasteiger partial charge in [-0.1, -0.05) is 30.7 Å². The van der Waals surface area contributed by atoms with Crippen LogP contribution in [0.3, 0.4) is 0 Å². The third-order valence-corrected chi connectivity index (χ3v) is 12.4. The highest BCUT2D eigenvalue weighted by Gasteiger charge is 2.60. The van der Waals surface area contributed by atoms with E-state index in [2.05, 4.69) is 25.0 Å². The van der Waals surface area contributed by atoms with E-state index in [0.717, 1.165) is 29.2 Å². The van der Waals surface area contributed by atoms with Crippen LogP contribution in [0.1, 0.15) is 91.3 Å². The van der Waals surface area contributed by atoms with E-state index in [1.165, 1.54) is 28.8 Å². The van der Waals surface area contributed by atoms with E-state index >= 15 is 0 Å². The number of carboxylic acids is 1. The van der Waals surface area contributed by atoms with Gasteiger partial charge in [0, 0.05) is 24.4 Å². The lowest BCUT2D eigenvalue weighted by Crippen LogP contribution is -2.49. The lowest BCUT2D eigenvalue weighted by molar-refractivity contribution is -0.214. The Bertz CT molecular complexity index is 2430. The first-order valence-electron chi connectivity index (χ1n) is 19.2. The van der Waals surface area contributed by atoms with Gasteiger partial charge in [0.15, 0.2) is 5.65 Å². The molecule has 3 atom stereocenters. The van der Waals surface area contributed by atoms with E-state index in [9.17, 15) is 31.5 Å². The predicted molar refractivity (Wildman–Crippen MR) is 210 cm³/mol. The molecule has 2 aliphatic rings. The number of nitrogens with one attached hydrogen (secondary N) is 2. The van der Waals surface area contributed by atoms with Crippen molar-refractivity contribution < 1.29 is 41.0 Å². The number of hydrogen-bond acceptors (Lipinski definition) is 10. The summed E-state index contributed by atoms with van der Waals surface area (Å²) in [7, 11) is -2.72. The summed E-state index contributed by atoms with van der Waals surface area (Å²) in [5, 5.41) is 13.1. The van der Waals surface area contributed by atoms with E-state index < -0.39 is 33.6 Å². The van der Waals surface area contributed by atoms with Gasteiger partial charge in [0.2, 0.25) is 11.8 Å². The third kappa shape index (κ3) is 8.11. The molecule has 308 valence electrons. The monoisotopic (exact) mass is 821 g/mol. The summed E-state index contributed by atoms with van der Waals surface area (Å²) in [6.07, 6.45) is -0.572. The lowest BCUT2D eigenvalue weighted by atomic mass is 9.66. The molecule has 0 amide bonds. The summed E-state index contributed by atoms with van der Waals surface area (Å²) < 4.78 is 86.7. The van der Waals surface area contributed by atoms with Crippen molar-refractivity contribution in [3.63, 3.8) is 0 Å². The Labute approximate surface area is 334 Å². The van der Waals surface area contributed by atoms with Gasteiger partial charge >= 0.3 is 12.1 Å². The van der Waals surface area contributed by atoms with Crippen LogP contribution >= 0.6 is 0 Å². The molecule has 1 unspecified atom stereocenters. The van der Waals surface area contributed by atoms with Gasteiger partial charge in [-0.3, -0.25) is 4.98 Å². The number of carbonyl (C=O) groups is 1. The van der Waals surface area contributed by atoms with Crippen molar-refractivity contribution in [2.75, 3.05) is 11.3 Å². The van der Waals surface area contributed by atoms with Crippen molar-refractivity contribution in [2.24, 2.45) is 7.05 Å². The maximum atomic E-state index is 14.3. The minimum atomic E-state index is -4.39. The Morgan fingerprint density at radius 2 is 1.76 bits per heavy atom. The molecule has 58 heavy (non-hydrogen) atoms. The topological polar surface area (TPSA) is 170 Å². The van der Waals surface area contributed by atoms with Gasteiger partial charge < -0.3 is 24.5 Å². The molecule has 5 aromatic rings. The smallest absolute Gasteiger partial charge is 0.399 e. The van der Waals surface area contributed by atoms with Crippen molar-refractivity contribution in [1.82, 2.24) is 29.8 Å². The molecule has 2 fully saturated rings. The zero-order chi connectivity index (χ0) is 41.6. The number of nitrogens with zero attached hydrogens (tertiary/aromatic N) is 5. The molecule has 1 aliphatic carbocycles. The number of aromatic nitrogens is 5. The molecular weight excluding hydrogens is 776 g/mol. The van der Waals surface area contributed by atoms with Gasteiger partial charge in [-0.05, 0) is 95.2 Å². The van der Waals surface area contributed by atoms with Gasteiger partial charge in [0.05, 0.1) is 52.3 Å². The molecule has 0 radical (unpaired) electrons. The number of halogens is 3. The van der Waals surface area contributed by atoms with Crippen LogP contribution in [0.15, 0.2) is 65.7 Å². The Balaban J connectivity index is 1.20. The van der Waals surface area contributed by atoms with Crippen LogP contribution in [-0.4, -0.2) is 75.0 Å². The molecule has 1 aliphatic heterocycles. The average Bonchev–Trinajstić information content (AvgIpc) is 3.31. The summed E-state index contributed by atoms with van der Waals surface area (Å²) in [5.74, 6) is -1.49. The van der Waals surface area contributed by atoms with Gasteiger partial charge in [-0.2, -0.15) is 18.2 Å². The van der Waals surface area contributed by atoms with Gasteiger partial charge in [0.1, 0.15) is 17.5 Å². The molecule has 13 nitrogen and oxygen atoms in total. The average molecular weight is 822 g/mol. The zero-order valence-corrected chi connectivity index (χ0v) is 33.6. The van der Waals surface area contributed by atoms with E-state index in [1.807, 2.05) is 45.9 Å². The van der Waals surface area contributed by atoms with Gasteiger partial charge in [-0.25, -0.2) is 27.9 Å². The number of benzene rings is 2. The quantitative estimate of drug-likeness (QED) is 0.113. The number of anilines is 1. The second kappa shape index (κ2) is 15.9. The molecule has 1 saturated heterocycles. The number of hydrogen-bond donors (Lipinski definition) is 3. The summed E-state index contributed by atoms with van der Waals surface area (Å²) in [4.78, 5) is 29.8. The van der Waals surface area contributed by atoms with Crippen LogP contribution < -0.4 is 14.8 Å². The van der Waals surface area contributed by atoms with Crippen LogP contribution in [0.5, 0.6) is 5.88 Å². The van der Waals surface area contributed by atoms with Gasteiger partial charge in [-0.15, -0.1) is 0 Å². The van der Waals surface area contributed by atoms with E-state index in [0.29, 0.717) is 41.8 Å². The highest BCUT2D eigenvalue weighted by Crippen LogP contribution is 2.55. The molecule has 4 heterocycles. The SMILES string of the molecule is Cc1cccc(C)c1-c1cc(OC[C@@H]2NC(c3cnc4cc(C5(C(F)(F)F)CCC5)n(C)c4n3)CCC[C@H]2OC(C)C)nc(NS(=O)(=O)c2cccc(C(=O)O)c2)n1. The highest BCUT2D eigenvalue weighted by atomic mass is 32.2. The standard InChI is InChI=1S/C41H46F3N7O6S/c1-23(2)57-33-15-8-14-28(31-21-45-30-19-34(51(5)37(30)47-31)40(16-9-17-40)41(42,43)44)46-32(33)22-56-35-20-29(36-24(3)10-6-11-25(36)4)48-39(49-35)50-58(54,55)27-13-7-12-26(18-27)38(52)53/h6-7,10-13,18-21,23,28,32-33,46H,8-9,14-17,22H2,1-5H3,(H,52,53)(H,48,49,50)/t28?,32-,33+/m0/s1. The molecule has 7 rings (SSSR count). The maximum Gasteiger partial charge on any atom is 0.399 e. The number of aryl methyl sites for hydroxylation is 3. The number of carboxylic acid groups (broad SMARTS) is 1. The molecule has 2 aromatic carbocycles. The van der Waals surface area contributed by atoms with Crippen LogP contribution in [0, 0.1) is 13.8 Å². The van der Waals surface area contributed by atoms with Gasteiger partial charge in [0.25, 0.3) is 10.0 Å². The zero-order valence-electron chi connectivity index (χ0n) is 32.8. The molecule has 3 aromatic heterocycles. The molecular formula is C41H46F3N7O6S. The van der Waals surface area contributed by atoms with Crippen molar-refractivity contribution in [3.05, 3.63) is 88.9 Å². The van der Waals surface area contributed by atoms with Crippen LogP contribution in [-0.2, 0) is 27.2 Å². The normalized spacial score (nSPS) is 19.8. The largest absolute Gasteiger partial charge is 0.478 e. The summed E-state index contributed by atoms with van der Waals surface area (Å²) >= 11 is 0. The van der Waals surface area contributed by atoms with Crippen LogP contribution in [0.25, 0.3) is 22.4 Å². The second-order valence-corrected chi connectivity index (χ2v) is 17.1. The first kappa shape index (κ1) is 41.0. The Hall–Kier alpha value is -5.13. The fourth-order valence-corrected chi connectivity index (χ4v) is 9.04. The number of aromatic carboxylic acids is 1. The number of alkyl halides is 3. The first-order chi connectivity index (χ1) is 27.5. The Morgan fingerprint density at radius 3 is 2.41 bits per heavy atom. The summed E-state index contributed by atoms with van der Waals surface area (Å²) in [5.41, 5.74) is 2.35. The number of fused-ring (bicyclic) bond motifs is 1. The number of rotatable bonds is 12. The van der Waals surface area contributed by atoms with Crippen molar-refractivity contribution in [2.45, 2.75) is 107 Å². The molecule has 1 saturated carbocycles. The van der Waals surface area contributed by atoms with Crippen molar-refractivity contribution in [1.29, 1.82) is 0 Å². The second-order valence-electron chi connectivity index (χ2n) is 15.4. The minimum Gasteiger partial charge on any atom is -0.478 e. The fraction of sp³-hybridized carbons (Fsp3) is 0.439. The third-order valence-electron chi connectivity index (χ3n) is 11.1. The van der Waals surface area contributed by atoms with Crippen LogP contribution in [0.2, 0.25) is 0 Å². The molecule has 17 heteroatoms. The Morgan fingerprint density at radius 1 is 1.03 bits per heavy atom. The summed E-state index contributed by atoms with van der Waals surface area (Å²) in [6.45, 7) is 7.73. The van der Waals surface area contributed by atoms with E-state index in [4.69, 9.17) is 14.5 Å². The maximum absolute atomic E-state index is 14.3. The first-order valence-corrected chi connectivity index (χ1v) is 20.7. The number of sulfonamides is 1. The Kier molecular flexibility index (Phi) is 11.3. The minimum absolute atomic E-state index is 0.0298.